The van der Waals surface area contributed by atoms with Gasteiger partial charge < -0.3 is 9.73 Å². The molecule has 0 spiro atoms. The van der Waals surface area contributed by atoms with Gasteiger partial charge in [0.05, 0.1) is 37.1 Å². The highest BCUT2D eigenvalue weighted by Crippen LogP contribution is 2.38. The molecule has 9 heteroatoms. The molecule has 0 saturated heterocycles. The Kier molecular flexibility index (Phi) is 6.04. The molecule has 31 heavy (non-hydrogen) atoms. The normalized spacial score (nSPS) is 19.9. The standard InChI is InChI=1S/C22H24F3N3O3/c23-22(24,25)19-12-20(29)26-17-9-3-4-10-18(17)28(19)21(30)14-27(15-6-1-2-7-15)13-16-8-5-11-31-16/h3-5,8-11,15,19H,1-2,6-7,12-14H2,(H,26,29). The summed E-state index contributed by atoms with van der Waals surface area (Å²) in [6.07, 6.45) is -0.255. The lowest BCUT2D eigenvalue weighted by atomic mass is 10.1. The maximum absolute atomic E-state index is 13.9. The number of alkyl halides is 3. The number of amides is 2. The van der Waals surface area contributed by atoms with Crippen molar-refractivity contribution in [3.8, 4) is 0 Å². The summed E-state index contributed by atoms with van der Waals surface area (Å²) in [6, 6.07) is 7.51. The molecule has 1 unspecified atom stereocenters. The van der Waals surface area contributed by atoms with E-state index in [1.165, 1.54) is 18.4 Å². The Hall–Kier alpha value is -2.81. The number of nitrogens with one attached hydrogen (secondary N) is 1. The Balaban J connectivity index is 1.66. The molecule has 2 aliphatic rings. The maximum atomic E-state index is 13.9. The number of anilines is 2. The van der Waals surface area contributed by atoms with E-state index in [9.17, 15) is 22.8 Å². The van der Waals surface area contributed by atoms with Crippen LogP contribution in [0.4, 0.5) is 24.5 Å². The number of carbonyl (C=O) groups excluding carboxylic acids is 2. The first-order chi connectivity index (χ1) is 14.8. The lowest BCUT2D eigenvalue weighted by Gasteiger charge is -2.35. The molecule has 2 aromatic rings. The Labute approximate surface area is 178 Å². The molecule has 4 rings (SSSR count). The fourth-order valence-corrected chi connectivity index (χ4v) is 4.43. The molecule has 1 aromatic heterocycles. The number of carbonyl (C=O) groups is 2. The monoisotopic (exact) mass is 435 g/mol. The Morgan fingerprint density at radius 1 is 1.16 bits per heavy atom. The molecule has 2 heterocycles. The van der Waals surface area contributed by atoms with Crippen molar-refractivity contribution in [3.05, 3.63) is 48.4 Å². The van der Waals surface area contributed by atoms with E-state index in [2.05, 4.69) is 5.32 Å². The number of benzene rings is 1. The van der Waals surface area contributed by atoms with Crippen molar-refractivity contribution >= 4 is 23.2 Å². The van der Waals surface area contributed by atoms with Gasteiger partial charge in [-0.3, -0.25) is 19.4 Å². The van der Waals surface area contributed by atoms with Gasteiger partial charge >= 0.3 is 6.18 Å². The number of hydrogen-bond acceptors (Lipinski definition) is 4. The summed E-state index contributed by atoms with van der Waals surface area (Å²) in [6.45, 7) is 0.146. The zero-order chi connectivity index (χ0) is 22.0. The van der Waals surface area contributed by atoms with Crippen LogP contribution in [0.25, 0.3) is 0 Å². The maximum Gasteiger partial charge on any atom is 0.409 e. The van der Waals surface area contributed by atoms with E-state index in [0.29, 0.717) is 12.3 Å². The van der Waals surface area contributed by atoms with Crippen LogP contribution in [0.2, 0.25) is 0 Å². The highest BCUT2D eigenvalue weighted by Gasteiger charge is 2.49. The molecule has 0 bridgehead atoms. The molecule has 0 radical (unpaired) electrons. The van der Waals surface area contributed by atoms with Crippen molar-refractivity contribution < 1.29 is 27.2 Å². The van der Waals surface area contributed by atoms with Crippen LogP contribution in [0.15, 0.2) is 47.1 Å². The number of para-hydroxylation sites is 2. The van der Waals surface area contributed by atoms with Gasteiger partial charge in [-0.2, -0.15) is 13.2 Å². The van der Waals surface area contributed by atoms with Crippen LogP contribution in [-0.2, 0) is 16.1 Å². The summed E-state index contributed by atoms with van der Waals surface area (Å²) < 4.78 is 47.2. The van der Waals surface area contributed by atoms with Crippen LogP contribution < -0.4 is 10.2 Å². The third kappa shape index (κ3) is 4.76. The predicted molar refractivity (Wildman–Crippen MR) is 108 cm³/mol. The minimum atomic E-state index is -4.75. The quantitative estimate of drug-likeness (QED) is 0.759. The van der Waals surface area contributed by atoms with Gasteiger partial charge in [-0.05, 0) is 37.1 Å². The van der Waals surface area contributed by atoms with Crippen molar-refractivity contribution in [2.24, 2.45) is 0 Å². The summed E-state index contributed by atoms with van der Waals surface area (Å²) >= 11 is 0. The van der Waals surface area contributed by atoms with Gasteiger partial charge in [0, 0.05) is 6.04 Å². The van der Waals surface area contributed by atoms with Crippen LogP contribution in [-0.4, -0.2) is 41.5 Å². The summed E-state index contributed by atoms with van der Waals surface area (Å²) in [4.78, 5) is 28.2. The van der Waals surface area contributed by atoms with E-state index in [0.717, 1.165) is 30.6 Å². The molecule has 1 atom stereocenters. The summed E-state index contributed by atoms with van der Waals surface area (Å²) in [7, 11) is 0. The highest BCUT2D eigenvalue weighted by atomic mass is 19.4. The summed E-state index contributed by atoms with van der Waals surface area (Å²) in [5.41, 5.74) is 0.260. The van der Waals surface area contributed by atoms with Gasteiger partial charge in [0.25, 0.3) is 0 Å². The zero-order valence-electron chi connectivity index (χ0n) is 16.9. The van der Waals surface area contributed by atoms with Gasteiger partial charge in [0.1, 0.15) is 11.8 Å². The number of rotatable bonds is 5. The van der Waals surface area contributed by atoms with Crippen molar-refractivity contribution in [1.82, 2.24) is 4.90 Å². The minimum Gasteiger partial charge on any atom is -0.468 e. The fraction of sp³-hybridized carbons (Fsp3) is 0.455. The Morgan fingerprint density at radius 3 is 2.58 bits per heavy atom. The van der Waals surface area contributed by atoms with E-state index >= 15 is 0 Å². The smallest absolute Gasteiger partial charge is 0.409 e. The van der Waals surface area contributed by atoms with Crippen molar-refractivity contribution in [2.45, 2.75) is 56.9 Å². The number of halogens is 3. The second-order valence-electron chi connectivity index (χ2n) is 8.01. The van der Waals surface area contributed by atoms with Gasteiger partial charge in [-0.1, -0.05) is 25.0 Å². The van der Waals surface area contributed by atoms with E-state index in [-0.39, 0.29) is 24.0 Å². The molecular weight excluding hydrogens is 411 g/mol. The minimum absolute atomic E-state index is 0.0602. The molecule has 6 nitrogen and oxygen atoms in total. The van der Waals surface area contributed by atoms with Crippen LogP contribution >= 0.6 is 0 Å². The average Bonchev–Trinajstić information content (AvgIpc) is 3.39. The van der Waals surface area contributed by atoms with E-state index in [1.54, 1.807) is 24.3 Å². The molecule has 1 aliphatic carbocycles. The molecule has 1 aromatic carbocycles. The molecular formula is C22H24F3N3O3. The van der Waals surface area contributed by atoms with Crippen LogP contribution in [0.3, 0.4) is 0 Å². The summed E-state index contributed by atoms with van der Waals surface area (Å²) in [5.74, 6) is -0.807. The second-order valence-corrected chi connectivity index (χ2v) is 8.01. The molecule has 1 aliphatic heterocycles. The third-order valence-electron chi connectivity index (χ3n) is 5.89. The molecule has 2 amide bonds. The van der Waals surface area contributed by atoms with E-state index in [4.69, 9.17) is 4.42 Å². The SMILES string of the molecule is O=C1CC(C(F)(F)F)N(C(=O)CN(Cc2ccco2)C2CCCC2)c2ccccc2N1. The topological polar surface area (TPSA) is 65.8 Å². The fourth-order valence-electron chi connectivity index (χ4n) is 4.43. The number of furan rings is 1. The van der Waals surface area contributed by atoms with Gasteiger partial charge in [-0.25, -0.2) is 0 Å². The Morgan fingerprint density at radius 2 is 1.90 bits per heavy atom. The largest absolute Gasteiger partial charge is 0.468 e. The zero-order valence-corrected chi connectivity index (χ0v) is 16.9. The molecule has 1 fully saturated rings. The highest BCUT2D eigenvalue weighted by molar-refractivity contribution is 6.05. The molecule has 166 valence electrons. The molecule has 1 N–H and O–H groups in total. The Bertz CT molecular complexity index is 924. The van der Waals surface area contributed by atoms with Gasteiger partial charge in [0.2, 0.25) is 11.8 Å². The first-order valence-corrected chi connectivity index (χ1v) is 10.4. The van der Waals surface area contributed by atoms with Crippen LogP contribution in [0.5, 0.6) is 0 Å². The number of nitrogens with zero attached hydrogens (tertiary/aromatic N) is 2. The first kappa shape index (κ1) is 21.4. The lowest BCUT2D eigenvalue weighted by molar-refractivity contribution is -0.158. The number of hydrogen-bond donors (Lipinski definition) is 1. The van der Waals surface area contributed by atoms with E-state index in [1.807, 2.05) is 4.90 Å². The van der Waals surface area contributed by atoms with Crippen LogP contribution in [0.1, 0.15) is 37.9 Å². The van der Waals surface area contributed by atoms with Gasteiger partial charge in [-0.15, -0.1) is 0 Å². The molecule has 1 saturated carbocycles. The lowest BCUT2D eigenvalue weighted by Crippen LogP contribution is -2.53. The van der Waals surface area contributed by atoms with Crippen molar-refractivity contribution in [3.63, 3.8) is 0 Å². The average molecular weight is 435 g/mol. The van der Waals surface area contributed by atoms with Crippen molar-refractivity contribution in [1.29, 1.82) is 0 Å². The van der Waals surface area contributed by atoms with Crippen LogP contribution in [0, 0.1) is 0 Å². The second kappa shape index (κ2) is 8.74. The van der Waals surface area contributed by atoms with E-state index < -0.39 is 30.5 Å². The number of fused-ring (bicyclic) bond motifs is 1. The first-order valence-electron chi connectivity index (χ1n) is 10.4. The van der Waals surface area contributed by atoms with Crippen molar-refractivity contribution in [2.75, 3.05) is 16.8 Å². The summed E-state index contributed by atoms with van der Waals surface area (Å²) in [5, 5.41) is 2.49. The van der Waals surface area contributed by atoms with Gasteiger partial charge in [0.15, 0.2) is 0 Å². The predicted octanol–water partition coefficient (Wildman–Crippen LogP) is 4.33. The third-order valence-corrected chi connectivity index (χ3v) is 5.89.